The van der Waals surface area contributed by atoms with Crippen molar-refractivity contribution in [3.05, 3.63) is 16.0 Å². The number of nitrogens with zero attached hydrogens (tertiary/aromatic N) is 1. The number of methoxy groups -OCH3 is 1. The molecule has 0 aliphatic rings. The molecule has 1 aromatic rings. The lowest BCUT2D eigenvalue weighted by molar-refractivity contribution is 0.0601. The van der Waals surface area contributed by atoms with Crippen molar-refractivity contribution < 1.29 is 14.3 Å². The maximum absolute atomic E-state index is 12.4. The lowest BCUT2D eigenvalue weighted by Crippen LogP contribution is -2.29. The third-order valence-corrected chi connectivity index (χ3v) is 5.87. The molecular weight excluding hydrogens is 394 g/mol. The number of hydrogen-bond donors (Lipinski definition) is 2. The molecule has 0 aromatic carbocycles. The summed E-state index contributed by atoms with van der Waals surface area (Å²) in [6.45, 7) is 4.75. The van der Waals surface area contributed by atoms with Gasteiger partial charge in [-0.05, 0) is 31.1 Å². The van der Waals surface area contributed by atoms with Gasteiger partial charge in [-0.3, -0.25) is 4.79 Å². The number of hydrogen-bond acceptors (Lipinski definition) is 5. The van der Waals surface area contributed by atoms with E-state index in [1.54, 1.807) is 21.0 Å². The van der Waals surface area contributed by atoms with Gasteiger partial charge in [-0.2, -0.15) is 0 Å². The minimum absolute atomic E-state index is 0.150. The zero-order chi connectivity index (χ0) is 21.1. The molecule has 8 heteroatoms. The standard InChI is InChI=1S/C20H33N3O3S2/c1-6-7-8-9-10-11-12-13-21-20(27)22-17-15(19(25)26-5)14(2)16(28-17)18(24)23(3)4/h6-13H2,1-5H3,(H2,21,22,27). The molecule has 0 unspecified atom stereocenters. The highest BCUT2D eigenvalue weighted by molar-refractivity contribution is 7.80. The van der Waals surface area contributed by atoms with E-state index in [-0.39, 0.29) is 5.91 Å². The van der Waals surface area contributed by atoms with Crippen molar-refractivity contribution in [1.82, 2.24) is 10.2 Å². The minimum Gasteiger partial charge on any atom is -0.465 e. The first-order valence-corrected chi connectivity index (χ1v) is 11.0. The zero-order valence-electron chi connectivity index (χ0n) is 17.6. The second kappa shape index (κ2) is 12.7. The fourth-order valence-electron chi connectivity index (χ4n) is 2.79. The maximum Gasteiger partial charge on any atom is 0.341 e. The van der Waals surface area contributed by atoms with Gasteiger partial charge in [0.2, 0.25) is 0 Å². The fourth-order valence-corrected chi connectivity index (χ4v) is 4.28. The van der Waals surface area contributed by atoms with Gasteiger partial charge < -0.3 is 20.3 Å². The van der Waals surface area contributed by atoms with Gasteiger partial charge in [0.25, 0.3) is 5.91 Å². The highest BCUT2D eigenvalue weighted by Crippen LogP contribution is 2.34. The second-order valence-electron chi connectivity index (χ2n) is 6.95. The number of ether oxygens (including phenoxy) is 1. The molecule has 1 amide bonds. The topological polar surface area (TPSA) is 70.7 Å². The normalized spacial score (nSPS) is 10.5. The van der Waals surface area contributed by atoms with E-state index in [1.807, 2.05) is 0 Å². The van der Waals surface area contributed by atoms with Crippen molar-refractivity contribution >= 4 is 45.5 Å². The van der Waals surface area contributed by atoms with E-state index in [0.717, 1.165) is 13.0 Å². The van der Waals surface area contributed by atoms with Gasteiger partial charge in [0.15, 0.2) is 5.11 Å². The Bertz CT molecular complexity index is 672. The van der Waals surface area contributed by atoms with Crippen LogP contribution in [0.5, 0.6) is 0 Å². The molecule has 1 aromatic heterocycles. The van der Waals surface area contributed by atoms with Gasteiger partial charge in [-0.15, -0.1) is 11.3 Å². The Hall–Kier alpha value is -1.67. The summed E-state index contributed by atoms with van der Waals surface area (Å²) in [5.74, 6) is -0.633. The molecule has 6 nitrogen and oxygen atoms in total. The molecule has 1 heterocycles. The third kappa shape index (κ3) is 7.39. The molecule has 1 rings (SSSR count). The van der Waals surface area contributed by atoms with Crippen LogP contribution in [0.4, 0.5) is 5.00 Å². The first-order valence-electron chi connectivity index (χ1n) is 9.81. The van der Waals surface area contributed by atoms with Crippen LogP contribution >= 0.6 is 23.6 Å². The highest BCUT2D eigenvalue weighted by Gasteiger charge is 2.26. The van der Waals surface area contributed by atoms with E-state index in [9.17, 15) is 9.59 Å². The van der Waals surface area contributed by atoms with E-state index in [2.05, 4.69) is 17.6 Å². The number of amides is 1. The first-order chi connectivity index (χ1) is 13.3. The number of carbonyl (C=O) groups is 2. The van der Waals surface area contributed by atoms with Gasteiger partial charge in [-0.25, -0.2) is 4.79 Å². The number of carbonyl (C=O) groups excluding carboxylic acids is 2. The molecule has 0 aliphatic heterocycles. The van der Waals surface area contributed by atoms with Crippen molar-refractivity contribution in [2.24, 2.45) is 0 Å². The van der Waals surface area contributed by atoms with Crippen LogP contribution in [0.15, 0.2) is 0 Å². The van der Waals surface area contributed by atoms with Gasteiger partial charge in [0.1, 0.15) is 5.00 Å². The highest BCUT2D eigenvalue weighted by atomic mass is 32.1. The molecule has 0 saturated carbocycles. The Labute approximate surface area is 178 Å². The molecular formula is C20H33N3O3S2. The van der Waals surface area contributed by atoms with Crippen molar-refractivity contribution in [3.8, 4) is 0 Å². The molecule has 0 fully saturated rings. The van der Waals surface area contributed by atoms with E-state index in [0.29, 0.717) is 26.1 Å². The molecule has 158 valence electrons. The molecule has 0 saturated heterocycles. The van der Waals surface area contributed by atoms with E-state index in [4.69, 9.17) is 17.0 Å². The van der Waals surface area contributed by atoms with Gasteiger partial charge in [-0.1, -0.05) is 45.4 Å². The smallest absolute Gasteiger partial charge is 0.341 e. The molecule has 2 N–H and O–H groups in total. The Morgan fingerprint density at radius 2 is 1.71 bits per heavy atom. The summed E-state index contributed by atoms with van der Waals surface area (Å²) in [4.78, 5) is 26.6. The number of thiocarbonyl (C=S) groups is 1. The first kappa shape index (κ1) is 24.4. The zero-order valence-corrected chi connectivity index (χ0v) is 19.3. The summed E-state index contributed by atoms with van der Waals surface area (Å²) in [5.41, 5.74) is 0.964. The number of unbranched alkanes of at least 4 members (excludes halogenated alkanes) is 6. The van der Waals surface area contributed by atoms with Gasteiger partial charge >= 0.3 is 5.97 Å². The Morgan fingerprint density at radius 3 is 2.29 bits per heavy atom. The Morgan fingerprint density at radius 1 is 1.11 bits per heavy atom. The largest absolute Gasteiger partial charge is 0.465 e. The van der Waals surface area contributed by atoms with Crippen molar-refractivity contribution in [2.45, 2.75) is 58.8 Å². The van der Waals surface area contributed by atoms with Crippen molar-refractivity contribution in [3.63, 3.8) is 0 Å². The van der Waals surface area contributed by atoms with Crippen molar-refractivity contribution in [1.29, 1.82) is 0 Å². The molecule has 0 aliphatic carbocycles. The van der Waals surface area contributed by atoms with Crippen LogP contribution in [-0.4, -0.2) is 49.6 Å². The van der Waals surface area contributed by atoms with E-state index < -0.39 is 5.97 Å². The van der Waals surface area contributed by atoms with Gasteiger partial charge in [0, 0.05) is 20.6 Å². The predicted molar refractivity (Wildman–Crippen MR) is 121 cm³/mol. The lowest BCUT2D eigenvalue weighted by Gasteiger charge is -2.10. The molecule has 28 heavy (non-hydrogen) atoms. The molecule has 0 atom stereocenters. The van der Waals surface area contributed by atoms with Crippen LogP contribution in [0.3, 0.4) is 0 Å². The summed E-state index contributed by atoms with van der Waals surface area (Å²) in [6, 6.07) is 0. The number of anilines is 1. The third-order valence-electron chi connectivity index (χ3n) is 4.43. The van der Waals surface area contributed by atoms with Gasteiger partial charge in [0.05, 0.1) is 17.6 Å². The Kier molecular flexibility index (Phi) is 11.1. The number of nitrogens with one attached hydrogen (secondary N) is 2. The molecule has 0 spiro atoms. The number of thiophene rings is 1. The fraction of sp³-hybridized carbons (Fsp3) is 0.650. The van der Waals surface area contributed by atoms with Crippen LogP contribution in [0.2, 0.25) is 0 Å². The average Bonchev–Trinajstić information content (AvgIpc) is 2.98. The molecule has 0 radical (unpaired) electrons. The monoisotopic (exact) mass is 427 g/mol. The minimum atomic E-state index is -0.482. The maximum atomic E-state index is 12.4. The van der Waals surface area contributed by atoms with Crippen LogP contribution in [0, 0.1) is 6.92 Å². The quantitative estimate of drug-likeness (QED) is 0.306. The summed E-state index contributed by atoms with van der Waals surface area (Å²) < 4.78 is 4.89. The lowest BCUT2D eigenvalue weighted by atomic mass is 10.1. The second-order valence-corrected chi connectivity index (χ2v) is 8.38. The number of rotatable bonds is 11. The summed E-state index contributed by atoms with van der Waals surface area (Å²) in [5, 5.41) is 7.22. The summed E-state index contributed by atoms with van der Waals surface area (Å²) >= 11 is 6.58. The van der Waals surface area contributed by atoms with E-state index >= 15 is 0 Å². The molecule has 0 bridgehead atoms. The van der Waals surface area contributed by atoms with Crippen molar-refractivity contribution in [2.75, 3.05) is 33.1 Å². The van der Waals surface area contributed by atoms with Crippen LogP contribution in [0.1, 0.15) is 77.5 Å². The van der Waals surface area contributed by atoms with Crippen LogP contribution < -0.4 is 10.6 Å². The van der Waals surface area contributed by atoms with Crippen LogP contribution in [-0.2, 0) is 4.74 Å². The summed E-state index contributed by atoms with van der Waals surface area (Å²) in [6.07, 6.45) is 8.64. The Balaban J connectivity index is 2.64. The predicted octanol–water partition coefficient (Wildman–Crippen LogP) is 4.58. The van der Waals surface area contributed by atoms with Crippen LogP contribution in [0.25, 0.3) is 0 Å². The average molecular weight is 428 g/mol. The number of esters is 1. The SMILES string of the molecule is CCCCCCCCCNC(=S)Nc1sc(C(=O)N(C)C)c(C)c1C(=O)OC. The summed E-state index contributed by atoms with van der Waals surface area (Å²) in [7, 11) is 4.69. The van der Waals surface area contributed by atoms with E-state index in [1.165, 1.54) is 61.9 Å².